The van der Waals surface area contributed by atoms with Gasteiger partial charge in [0.2, 0.25) is 15.8 Å². The van der Waals surface area contributed by atoms with Crippen molar-refractivity contribution in [3.63, 3.8) is 0 Å². The molecule has 0 bridgehead atoms. The summed E-state index contributed by atoms with van der Waals surface area (Å²) in [5.74, 6) is -2.85. The monoisotopic (exact) mass is 322 g/mol. The molecule has 1 aromatic rings. The molecule has 0 aliphatic heterocycles. The standard InChI is InChI=1S/C10H11FN2O7S/c11-6-2-1-3-8(9(6)13(17)18)21(19,20)12-5-4-7(14)10(15)16/h1-3,7,12,14H,4-5H2,(H,15,16). The zero-order valence-electron chi connectivity index (χ0n) is 10.4. The van der Waals surface area contributed by atoms with Crippen LogP contribution in [0.15, 0.2) is 23.1 Å². The van der Waals surface area contributed by atoms with Gasteiger partial charge in [0.1, 0.15) is 0 Å². The van der Waals surface area contributed by atoms with E-state index in [2.05, 4.69) is 0 Å². The number of rotatable bonds is 7. The smallest absolute Gasteiger partial charge is 0.332 e. The number of nitro groups is 1. The van der Waals surface area contributed by atoms with E-state index in [1.807, 2.05) is 4.72 Å². The molecule has 0 spiro atoms. The second kappa shape index (κ2) is 6.56. The van der Waals surface area contributed by atoms with Gasteiger partial charge in [-0.3, -0.25) is 10.1 Å². The van der Waals surface area contributed by atoms with Crippen LogP contribution in [-0.4, -0.2) is 42.2 Å². The molecule has 1 aromatic carbocycles. The van der Waals surface area contributed by atoms with E-state index >= 15 is 0 Å². The van der Waals surface area contributed by atoms with E-state index in [4.69, 9.17) is 10.2 Å². The second-order valence-electron chi connectivity index (χ2n) is 3.88. The Kier molecular flexibility index (Phi) is 5.29. The fourth-order valence-electron chi connectivity index (χ4n) is 1.42. The van der Waals surface area contributed by atoms with Gasteiger partial charge < -0.3 is 10.2 Å². The first kappa shape index (κ1) is 16.9. The number of sulfonamides is 1. The van der Waals surface area contributed by atoms with Gasteiger partial charge in [-0.2, -0.15) is 4.39 Å². The lowest BCUT2D eigenvalue weighted by atomic mass is 10.3. The summed E-state index contributed by atoms with van der Waals surface area (Å²) in [6, 6.07) is 2.57. The number of nitrogens with one attached hydrogen (secondary N) is 1. The third-order valence-corrected chi connectivity index (χ3v) is 3.91. The van der Waals surface area contributed by atoms with E-state index in [0.29, 0.717) is 0 Å². The van der Waals surface area contributed by atoms with Crippen LogP contribution in [0, 0.1) is 15.9 Å². The minimum absolute atomic E-state index is 0.447. The Morgan fingerprint density at radius 2 is 2.10 bits per heavy atom. The van der Waals surface area contributed by atoms with Crippen molar-refractivity contribution in [1.82, 2.24) is 4.72 Å². The van der Waals surface area contributed by atoms with Crippen LogP contribution in [0.4, 0.5) is 10.1 Å². The van der Waals surface area contributed by atoms with E-state index in [1.165, 1.54) is 0 Å². The highest BCUT2D eigenvalue weighted by Gasteiger charge is 2.29. The van der Waals surface area contributed by atoms with Crippen molar-refractivity contribution in [2.45, 2.75) is 17.4 Å². The molecule has 21 heavy (non-hydrogen) atoms. The number of aliphatic hydroxyl groups is 1. The van der Waals surface area contributed by atoms with Crippen LogP contribution >= 0.6 is 0 Å². The van der Waals surface area contributed by atoms with E-state index < -0.39 is 56.4 Å². The van der Waals surface area contributed by atoms with Crippen molar-refractivity contribution in [2.24, 2.45) is 0 Å². The summed E-state index contributed by atoms with van der Waals surface area (Å²) in [4.78, 5) is 19.0. The zero-order valence-corrected chi connectivity index (χ0v) is 11.2. The molecule has 3 N–H and O–H groups in total. The van der Waals surface area contributed by atoms with Gasteiger partial charge in [-0.15, -0.1) is 0 Å². The molecule has 1 rings (SSSR count). The van der Waals surface area contributed by atoms with Crippen molar-refractivity contribution < 1.29 is 32.7 Å². The van der Waals surface area contributed by atoms with Gasteiger partial charge in [-0.25, -0.2) is 17.9 Å². The van der Waals surface area contributed by atoms with Crippen molar-refractivity contribution in [3.05, 3.63) is 34.1 Å². The topological polar surface area (TPSA) is 147 Å². The summed E-state index contributed by atoms with van der Waals surface area (Å²) in [6.45, 7) is -0.483. The van der Waals surface area contributed by atoms with Crippen LogP contribution in [-0.2, 0) is 14.8 Å². The zero-order chi connectivity index (χ0) is 16.2. The minimum Gasteiger partial charge on any atom is -0.479 e. The lowest BCUT2D eigenvalue weighted by Crippen LogP contribution is -2.30. The van der Waals surface area contributed by atoms with Crippen molar-refractivity contribution in [2.75, 3.05) is 6.54 Å². The average Bonchev–Trinajstić information content (AvgIpc) is 2.37. The first-order valence-corrected chi connectivity index (χ1v) is 6.98. The van der Waals surface area contributed by atoms with Gasteiger partial charge in [-0.05, 0) is 18.6 Å². The fourth-order valence-corrected chi connectivity index (χ4v) is 2.65. The highest BCUT2D eigenvalue weighted by molar-refractivity contribution is 7.89. The first-order chi connectivity index (χ1) is 9.66. The van der Waals surface area contributed by atoms with E-state index in [-0.39, 0.29) is 0 Å². The largest absolute Gasteiger partial charge is 0.479 e. The molecule has 1 atom stereocenters. The molecule has 0 aliphatic carbocycles. The highest BCUT2D eigenvalue weighted by atomic mass is 32.2. The number of benzene rings is 1. The van der Waals surface area contributed by atoms with Gasteiger partial charge in [0.25, 0.3) is 0 Å². The predicted molar refractivity (Wildman–Crippen MR) is 66.5 cm³/mol. The molecule has 1 unspecified atom stereocenters. The highest BCUT2D eigenvalue weighted by Crippen LogP contribution is 2.26. The Hall–Kier alpha value is -2.11. The summed E-state index contributed by atoms with van der Waals surface area (Å²) < 4.78 is 38.9. The lowest BCUT2D eigenvalue weighted by molar-refractivity contribution is -0.390. The van der Waals surface area contributed by atoms with Crippen molar-refractivity contribution in [1.29, 1.82) is 0 Å². The number of halogens is 1. The Labute approximate surface area is 118 Å². The number of aliphatic carboxylic acids is 1. The molecular weight excluding hydrogens is 311 g/mol. The van der Waals surface area contributed by atoms with Gasteiger partial charge in [0.05, 0.1) is 4.92 Å². The normalized spacial score (nSPS) is 12.9. The van der Waals surface area contributed by atoms with E-state index in [1.54, 1.807) is 0 Å². The number of nitro benzene ring substituents is 1. The third kappa shape index (κ3) is 4.18. The maximum Gasteiger partial charge on any atom is 0.332 e. The summed E-state index contributed by atoms with van der Waals surface area (Å²) in [5.41, 5.74) is -1.20. The molecule has 0 aliphatic rings. The minimum atomic E-state index is -4.42. The second-order valence-corrected chi connectivity index (χ2v) is 5.62. The third-order valence-electron chi connectivity index (χ3n) is 2.42. The summed E-state index contributed by atoms with van der Waals surface area (Å²) in [5, 5.41) is 28.1. The van der Waals surface area contributed by atoms with Crippen LogP contribution < -0.4 is 4.72 Å². The molecular formula is C10H11FN2O7S. The molecule has 0 fully saturated rings. The maximum atomic E-state index is 13.3. The quantitative estimate of drug-likeness (QED) is 0.467. The van der Waals surface area contributed by atoms with Crippen LogP contribution in [0.3, 0.4) is 0 Å². The number of nitrogens with zero attached hydrogens (tertiary/aromatic N) is 1. The van der Waals surface area contributed by atoms with E-state index in [9.17, 15) is 27.7 Å². The number of hydrogen-bond acceptors (Lipinski definition) is 6. The number of carboxylic acid groups (broad SMARTS) is 1. The van der Waals surface area contributed by atoms with Crippen molar-refractivity contribution in [3.8, 4) is 0 Å². The molecule has 0 radical (unpaired) electrons. The fraction of sp³-hybridized carbons (Fsp3) is 0.300. The van der Waals surface area contributed by atoms with Crippen LogP contribution in [0.1, 0.15) is 6.42 Å². The van der Waals surface area contributed by atoms with Gasteiger partial charge in [0, 0.05) is 6.54 Å². The molecule has 0 aromatic heterocycles. The van der Waals surface area contributed by atoms with E-state index in [0.717, 1.165) is 18.2 Å². The van der Waals surface area contributed by atoms with Gasteiger partial charge in [-0.1, -0.05) is 6.07 Å². The number of para-hydroxylation sites is 1. The Morgan fingerprint density at radius 1 is 1.48 bits per heavy atom. The molecule has 9 nitrogen and oxygen atoms in total. The summed E-state index contributed by atoms with van der Waals surface area (Å²) in [6.07, 6.45) is -2.23. The predicted octanol–water partition coefficient (Wildman–Crippen LogP) is -0.152. The first-order valence-electron chi connectivity index (χ1n) is 5.50. The maximum absolute atomic E-state index is 13.3. The molecule has 0 amide bonds. The summed E-state index contributed by atoms with van der Waals surface area (Å²) >= 11 is 0. The Balaban J connectivity index is 2.97. The number of carbonyl (C=O) groups is 1. The summed E-state index contributed by atoms with van der Waals surface area (Å²) in [7, 11) is -4.42. The SMILES string of the molecule is O=C(O)C(O)CCNS(=O)(=O)c1cccc(F)c1[N+](=O)[O-]. The van der Waals surface area contributed by atoms with Crippen LogP contribution in [0.5, 0.6) is 0 Å². The lowest BCUT2D eigenvalue weighted by Gasteiger charge is -2.09. The molecule has 0 saturated heterocycles. The molecule has 0 heterocycles. The van der Waals surface area contributed by atoms with Gasteiger partial charge in [0.15, 0.2) is 11.0 Å². The van der Waals surface area contributed by atoms with Gasteiger partial charge >= 0.3 is 11.7 Å². The van der Waals surface area contributed by atoms with Crippen molar-refractivity contribution >= 4 is 21.7 Å². The Morgan fingerprint density at radius 3 is 2.62 bits per heavy atom. The number of aliphatic hydroxyl groups excluding tert-OH is 1. The number of carboxylic acids is 1. The average molecular weight is 322 g/mol. The molecule has 0 saturated carbocycles. The van der Waals surface area contributed by atoms with Crippen LogP contribution in [0.2, 0.25) is 0 Å². The molecule has 116 valence electrons. The number of hydrogen-bond donors (Lipinski definition) is 3. The molecule has 11 heteroatoms. The van der Waals surface area contributed by atoms with Crippen LogP contribution in [0.25, 0.3) is 0 Å². The Bertz CT molecular complexity index is 661.